The molecule has 0 bridgehead atoms. The molecule has 0 fully saturated rings. The summed E-state index contributed by atoms with van der Waals surface area (Å²) in [7, 11) is 0. The predicted molar refractivity (Wildman–Crippen MR) is 87.6 cm³/mol. The molecule has 0 amide bonds. The fourth-order valence-corrected chi connectivity index (χ4v) is 2.29. The van der Waals surface area contributed by atoms with Crippen LogP contribution in [-0.2, 0) is 0 Å². The van der Waals surface area contributed by atoms with Crippen molar-refractivity contribution in [3.63, 3.8) is 0 Å². The zero-order valence-electron chi connectivity index (χ0n) is 12.5. The summed E-state index contributed by atoms with van der Waals surface area (Å²) in [6.45, 7) is 6.17. The van der Waals surface area contributed by atoms with E-state index in [2.05, 4.69) is 36.3 Å². The van der Waals surface area contributed by atoms with Crippen molar-refractivity contribution in [1.82, 2.24) is 0 Å². The molecule has 2 aromatic carbocycles. The quantitative estimate of drug-likeness (QED) is 0.781. The lowest BCUT2D eigenvalue weighted by Crippen LogP contribution is -2.32. The van der Waals surface area contributed by atoms with Crippen LogP contribution in [0.25, 0.3) is 0 Å². The summed E-state index contributed by atoms with van der Waals surface area (Å²) in [4.78, 5) is 4.64. The molecule has 1 aliphatic heterocycles. The highest BCUT2D eigenvalue weighted by molar-refractivity contribution is 6.01. The fourth-order valence-electron chi connectivity index (χ4n) is 2.29. The van der Waals surface area contributed by atoms with Gasteiger partial charge >= 0.3 is 0 Å². The minimum absolute atomic E-state index is 0.122. The molecular weight excluding hydrogens is 262 g/mol. The summed E-state index contributed by atoms with van der Waals surface area (Å²) in [5, 5.41) is 3.34. The van der Waals surface area contributed by atoms with Crippen molar-refractivity contribution in [2.24, 2.45) is 4.99 Å². The van der Waals surface area contributed by atoms with Crippen LogP contribution in [0.5, 0.6) is 5.75 Å². The van der Waals surface area contributed by atoms with Crippen LogP contribution in [0.4, 0.5) is 17.1 Å². The lowest BCUT2D eigenvalue weighted by atomic mass is 10.1. The Bertz CT molecular complexity index is 722. The Morgan fingerprint density at radius 1 is 1.10 bits per heavy atom. The highest BCUT2D eigenvalue weighted by Gasteiger charge is 2.20. The zero-order chi connectivity index (χ0) is 15.0. The van der Waals surface area contributed by atoms with E-state index in [1.54, 1.807) is 0 Å². The van der Waals surface area contributed by atoms with Gasteiger partial charge < -0.3 is 15.8 Å². The molecule has 0 aliphatic carbocycles. The third-order valence-electron chi connectivity index (χ3n) is 3.69. The van der Waals surface area contributed by atoms with Crippen molar-refractivity contribution < 1.29 is 4.74 Å². The molecule has 0 radical (unpaired) electrons. The van der Waals surface area contributed by atoms with Crippen molar-refractivity contribution in [2.75, 3.05) is 11.1 Å². The maximum atomic E-state index is 5.88. The number of nitrogens with two attached hydrogens (primary N) is 1. The molecule has 21 heavy (non-hydrogen) atoms. The Morgan fingerprint density at radius 2 is 1.90 bits per heavy atom. The lowest BCUT2D eigenvalue weighted by Gasteiger charge is -2.24. The number of anilines is 2. The number of amidine groups is 1. The second-order valence-corrected chi connectivity index (χ2v) is 5.41. The van der Waals surface area contributed by atoms with E-state index in [1.165, 1.54) is 11.1 Å². The number of nitrogens with one attached hydrogen (secondary N) is 1. The van der Waals surface area contributed by atoms with E-state index in [1.807, 2.05) is 31.2 Å². The molecule has 2 aromatic rings. The van der Waals surface area contributed by atoms with Crippen LogP contribution < -0.4 is 15.8 Å². The molecular formula is C17H19N3O. The number of fused-ring (bicyclic) bond motifs is 1. The molecule has 3 N–H and O–H groups in total. The molecule has 4 heteroatoms. The number of aryl methyl sites for hydroxylation is 2. The summed E-state index contributed by atoms with van der Waals surface area (Å²) >= 11 is 0. The minimum atomic E-state index is -0.122. The number of nitrogens with zero attached hydrogens (tertiary/aromatic N) is 1. The van der Waals surface area contributed by atoms with Gasteiger partial charge in [-0.1, -0.05) is 6.07 Å². The number of hydrogen-bond acceptors (Lipinski definition) is 4. The van der Waals surface area contributed by atoms with E-state index in [9.17, 15) is 0 Å². The second kappa shape index (κ2) is 5.13. The average molecular weight is 281 g/mol. The monoisotopic (exact) mass is 281 g/mol. The van der Waals surface area contributed by atoms with Crippen molar-refractivity contribution in [2.45, 2.75) is 26.9 Å². The van der Waals surface area contributed by atoms with Gasteiger partial charge in [0.2, 0.25) is 0 Å². The Hall–Kier alpha value is -2.49. The Morgan fingerprint density at radius 3 is 2.67 bits per heavy atom. The molecule has 3 rings (SSSR count). The first-order valence-electron chi connectivity index (χ1n) is 7.02. The van der Waals surface area contributed by atoms with Crippen molar-refractivity contribution in [3.8, 4) is 5.75 Å². The van der Waals surface area contributed by atoms with Gasteiger partial charge in [-0.05, 0) is 62.2 Å². The number of ether oxygens (including phenoxy) is 1. The van der Waals surface area contributed by atoms with Gasteiger partial charge in [-0.15, -0.1) is 0 Å². The molecule has 0 spiro atoms. The molecule has 4 nitrogen and oxygen atoms in total. The van der Waals surface area contributed by atoms with Crippen molar-refractivity contribution in [3.05, 3.63) is 47.5 Å². The van der Waals surface area contributed by atoms with Gasteiger partial charge in [-0.3, -0.25) is 0 Å². The first-order chi connectivity index (χ1) is 10.0. The maximum absolute atomic E-state index is 5.88. The fraction of sp³-hybridized carbons (Fsp3) is 0.235. The van der Waals surface area contributed by atoms with E-state index in [0.717, 1.165) is 23.0 Å². The van der Waals surface area contributed by atoms with Gasteiger partial charge in [-0.2, -0.15) is 0 Å². The summed E-state index contributed by atoms with van der Waals surface area (Å²) < 4.78 is 5.88. The largest absolute Gasteiger partial charge is 0.481 e. The Labute approximate surface area is 124 Å². The number of aliphatic imine (C=N–C) groups is 1. The first-order valence-corrected chi connectivity index (χ1v) is 7.02. The molecule has 1 aliphatic rings. The summed E-state index contributed by atoms with van der Waals surface area (Å²) in [6, 6.07) is 11.8. The SMILES string of the molecule is Cc1ccc(NC2=Nc3cc(N)ccc3OC2C)cc1C. The van der Waals surface area contributed by atoms with E-state index in [4.69, 9.17) is 10.5 Å². The van der Waals surface area contributed by atoms with Gasteiger partial charge in [0, 0.05) is 11.4 Å². The van der Waals surface area contributed by atoms with Crippen molar-refractivity contribution >= 4 is 22.9 Å². The molecule has 1 unspecified atom stereocenters. The molecule has 1 atom stereocenters. The van der Waals surface area contributed by atoms with Gasteiger partial charge in [0.05, 0.1) is 0 Å². The van der Waals surface area contributed by atoms with Gasteiger partial charge in [0.25, 0.3) is 0 Å². The minimum Gasteiger partial charge on any atom is -0.481 e. The number of benzene rings is 2. The number of hydrogen-bond donors (Lipinski definition) is 2. The molecule has 0 saturated heterocycles. The highest BCUT2D eigenvalue weighted by atomic mass is 16.5. The van der Waals surface area contributed by atoms with Crippen LogP contribution >= 0.6 is 0 Å². The summed E-state index contributed by atoms with van der Waals surface area (Å²) in [6.07, 6.45) is -0.122. The van der Waals surface area contributed by atoms with Crippen LogP contribution in [0.3, 0.4) is 0 Å². The third kappa shape index (κ3) is 2.70. The maximum Gasteiger partial charge on any atom is 0.153 e. The van der Waals surface area contributed by atoms with Crippen LogP contribution in [0.15, 0.2) is 41.4 Å². The lowest BCUT2D eigenvalue weighted by molar-refractivity contribution is 0.283. The standard InChI is InChI=1S/C17H19N3O/c1-10-4-6-14(8-11(10)2)19-17-12(3)21-16-7-5-13(18)9-15(16)20-17/h4-9,12H,18H2,1-3H3,(H,19,20). The van der Waals surface area contributed by atoms with Gasteiger partial charge in [0.1, 0.15) is 17.3 Å². The van der Waals surface area contributed by atoms with Crippen molar-refractivity contribution in [1.29, 1.82) is 0 Å². The molecule has 1 heterocycles. The van der Waals surface area contributed by atoms with Crippen LogP contribution in [0.1, 0.15) is 18.1 Å². The van der Waals surface area contributed by atoms with Crippen LogP contribution in [-0.4, -0.2) is 11.9 Å². The highest BCUT2D eigenvalue weighted by Crippen LogP contribution is 2.34. The van der Waals surface area contributed by atoms with E-state index in [-0.39, 0.29) is 6.10 Å². The van der Waals surface area contributed by atoms with E-state index < -0.39 is 0 Å². The Balaban J connectivity index is 1.92. The van der Waals surface area contributed by atoms with E-state index >= 15 is 0 Å². The zero-order valence-corrected chi connectivity index (χ0v) is 12.5. The Kier molecular flexibility index (Phi) is 3.29. The van der Waals surface area contributed by atoms with Gasteiger partial charge in [-0.25, -0.2) is 4.99 Å². The number of nitrogen functional groups attached to an aromatic ring is 1. The molecule has 0 aromatic heterocycles. The van der Waals surface area contributed by atoms with Crippen LogP contribution in [0.2, 0.25) is 0 Å². The second-order valence-electron chi connectivity index (χ2n) is 5.41. The first kappa shape index (κ1) is 13.5. The third-order valence-corrected chi connectivity index (χ3v) is 3.69. The topological polar surface area (TPSA) is 59.6 Å². The average Bonchev–Trinajstić information content (AvgIpc) is 2.44. The molecule has 0 saturated carbocycles. The predicted octanol–water partition coefficient (Wildman–Crippen LogP) is 3.81. The smallest absolute Gasteiger partial charge is 0.153 e. The van der Waals surface area contributed by atoms with E-state index in [0.29, 0.717) is 5.69 Å². The number of rotatable bonds is 1. The summed E-state index contributed by atoms with van der Waals surface area (Å²) in [5.74, 6) is 1.55. The summed E-state index contributed by atoms with van der Waals surface area (Å²) in [5.41, 5.74) is 10.8. The molecule has 108 valence electrons. The van der Waals surface area contributed by atoms with Crippen LogP contribution in [0, 0.1) is 13.8 Å². The van der Waals surface area contributed by atoms with Gasteiger partial charge in [0.15, 0.2) is 6.10 Å². The normalized spacial score (nSPS) is 16.7.